The van der Waals surface area contributed by atoms with Crippen LogP contribution in [0.15, 0.2) is 24.3 Å². The van der Waals surface area contributed by atoms with E-state index in [9.17, 15) is 0 Å². The van der Waals surface area contributed by atoms with Crippen LogP contribution in [0.4, 0.5) is 0 Å². The Labute approximate surface area is 131 Å². The molecule has 0 spiro atoms. The zero-order chi connectivity index (χ0) is 14.9. The average molecular weight is 287 g/mol. The molecular formula is C20H33N. The number of nitrogens with one attached hydrogen (secondary N) is 1. The lowest BCUT2D eigenvalue weighted by Gasteiger charge is -2.26. The van der Waals surface area contributed by atoms with Gasteiger partial charge in [0.1, 0.15) is 0 Å². The molecule has 1 aromatic carbocycles. The van der Waals surface area contributed by atoms with Crippen LogP contribution in [-0.2, 0) is 6.42 Å². The van der Waals surface area contributed by atoms with Crippen LogP contribution in [-0.4, -0.2) is 12.6 Å². The molecule has 0 saturated carbocycles. The van der Waals surface area contributed by atoms with Gasteiger partial charge in [0.05, 0.1) is 0 Å². The van der Waals surface area contributed by atoms with Crippen molar-refractivity contribution in [1.29, 1.82) is 0 Å². The largest absolute Gasteiger partial charge is 0.314 e. The summed E-state index contributed by atoms with van der Waals surface area (Å²) in [7, 11) is 0. The lowest BCUT2D eigenvalue weighted by molar-refractivity contribution is 0.411. The van der Waals surface area contributed by atoms with Gasteiger partial charge in [-0.15, -0.1) is 0 Å². The fourth-order valence-electron chi connectivity index (χ4n) is 3.81. The maximum atomic E-state index is 3.73. The first-order valence-corrected chi connectivity index (χ1v) is 9.16. The maximum Gasteiger partial charge on any atom is 0.00669 e. The van der Waals surface area contributed by atoms with E-state index in [0.29, 0.717) is 0 Å². The predicted molar refractivity (Wildman–Crippen MR) is 93.0 cm³/mol. The van der Waals surface area contributed by atoms with Gasteiger partial charge in [0.2, 0.25) is 0 Å². The summed E-state index contributed by atoms with van der Waals surface area (Å²) in [5.41, 5.74) is 3.26. The average Bonchev–Trinajstić information content (AvgIpc) is 2.53. The molecule has 0 aromatic heterocycles. The SMILES string of the molecule is CCCNC(CCC)CCCC1CCCc2ccccc21. The molecule has 118 valence electrons. The van der Waals surface area contributed by atoms with Crippen molar-refractivity contribution in [2.45, 2.75) is 83.6 Å². The molecule has 1 aromatic rings. The van der Waals surface area contributed by atoms with E-state index in [1.54, 1.807) is 11.1 Å². The molecule has 2 rings (SSSR count). The Kier molecular flexibility index (Phi) is 7.29. The lowest BCUT2D eigenvalue weighted by Crippen LogP contribution is -2.29. The van der Waals surface area contributed by atoms with Crippen LogP contribution in [0, 0.1) is 0 Å². The van der Waals surface area contributed by atoms with Gasteiger partial charge >= 0.3 is 0 Å². The number of hydrogen-bond donors (Lipinski definition) is 1. The fraction of sp³-hybridized carbons (Fsp3) is 0.700. The first-order chi connectivity index (χ1) is 10.3. The van der Waals surface area contributed by atoms with Crippen LogP contribution >= 0.6 is 0 Å². The van der Waals surface area contributed by atoms with Crippen molar-refractivity contribution in [3.05, 3.63) is 35.4 Å². The zero-order valence-electron chi connectivity index (χ0n) is 14.0. The van der Waals surface area contributed by atoms with Gasteiger partial charge in [0, 0.05) is 6.04 Å². The Morgan fingerprint density at radius 1 is 1.14 bits per heavy atom. The Bertz CT molecular complexity index is 399. The van der Waals surface area contributed by atoms with Gasteiger partial charge in [-0.05, 0) is 68.5 Å². The van der Waals surface area contributed by atoms with Crippen molar-refractivity contribution in [1.82, 2.24) is 5.32 Å². The van der Waals surface area contributed by atoms with E-state index in [2.05, 4.69) is 43.4 Å². The fourth-order valence-corrected chi connectivity index (χ4v) is 3.81. The molecule has 2 atom stereocenters. The standard InChI is InChI=1S/C20H33N/c1-3-9-19(21-16-4-2)14-8-13-18-12-7-11-17-10-5-6-15-20(17)18/h5-6,10,15,18-19,21H,3-4,7-9,11-14,16H2,1-2H3. The molecule has 2 unspecified atom stereocenters. The number of benzene rings is 1. The molecule has 1 nitrogen and oxygen atoms in total. The van der Waals surface area contributed by atoms with Gasteiger partial charge in [-0.3, -0.25) is 0 Å². The van der Waals surface area contributed by atoms with Crippen LogP contribution < -0.4 is 5.32 Å². The Balaban J connectivity index is 1.80. The van der Waals surface area contributed by atoms with Crippen LogP contribution in [0.1, 0.15) is 82.3 Å². The van der Waals surface area contributed by atoms with Crippen molar-refractivity contribution in [3.63, 3.8) is 0 Å². The van der Waals surface area contributed by atoms with Gasteiger partial charge in [-0.25, -0.2) is 0 Å². The molecule has 1 heteroatoms. The molecule has 0 amide bonds. The van der Waals surface area contributed by atoms with E-state index in [0.717, 1.165) is 12.0 Å². The summed E-state index contributed by atoms with van der Waals surface area (Å²) in [6.45, 7) is 5.74. The highest BCUT2D eigenvalue weighted by Gasteiger charge is 2.19. The van der Waals surface area contributed by atoms with Gasteiger partial charge < -0.3 is 5.32 Å². The van der Waals surface area contributed by atoms with Crippen LogP contribution in [0.5, 0.6) is 0 Å². The summed E-state index contributed by atoms with van der Waals surface area (Å²) in [5, 5.41) is 3.73. The lowest BCUT2D eigenvalue weighted by atomic mass is 9.80. The molecule has 0 radical (unpaired) electrons. The molecule has 0 bridgehead atoms. The third-order valence-electron chi connectivity index (χ3n) is 4.92. The topological polar surface area (TPSA) is 12.0 Å². The highest BCUT2D eigenvalue weighted by Crippen LogP contribution is 2.35. The van der Waals surface area contributed by atoms with Crippen molar-refractivity contribution < 1.29 is 0 Å². The summed E-state index contributed by atoms with van der Waals surface area (Å²) in [6.07, 6.45) is 12.1. The second-order valence-corrected chi connectivity index (χ2v) is 6.66. The van der Waals surface area contributed by atoms with Crippen molar-refractivity contribution >= 4 is 0 Å². The van der Waals surface area contributed by atoms with Crippen LogP contribution in [0.3, 0.4) is 0 Å². The van der Waals surface area contributed by atoms with E-state index < -0.39 is 0 Å². The summed E-state index contributed by atoms with van der Waals surface area (Å²) >= 11 is 0. The Morgan fingerprint density at radius 3 is 2.81 bits per heavy atom. The highest BCUT2D eigenvalue weighted by atomic mass is 14.9. The third-order valence-corrected chi connectivity index (χ3v) is 4.92. The summed E-state index contributed by atoms with van der Waals surface area (Å²) < 4.78 is 0. The normalized spacial score (nSPS) is 19.2. The molecule has 1 N–H and O–H groups in total. The third kappa shape index (κ3) is 5.14. The molecule has 0 heterocycles. The minimum Gasteiger partial charge on any atom is -0.314 e. The zero-order valence-corrected chi connectivity index (χ0v) is 14.0. The Hall–Kier alpha value is -0.820. The number of rotatable bonds is 9. The van der Waals surface area contributed by atoms with E-state index in [1.807, 2.05) is 0 Å². The molecule has 1 aliphatic carbocycles. The molecular weight excluding hydrogens is 254 g/mol. The smallest absolute Gasteiger partial charge is 0.00669 e. The van der Waals surface area contributed by atoms with E-state index in [1.165, 1.54) is 64.3 Å². The number of aryl methyl sites for hydroxylation is 1. The molecule has 0 fully saturated rings. The Morgan fingerprint density at radius 2 is 2.00 bits per heavy atom. The minimum absolute atomic E-state index is 0.744. The van der Waals surface area contributed by atoms with Gasteiger partial charge in [-0.2, -0.15) is 0 Å². The number of fused-ring (bicyclic) bond motifs is 1. The molecule has 0 aliphatic heterocycles. The van der Waals surface area contributed by atoms with Crippen molar-refractivity contribution in [3.8, 4) is 0 Å². The molecule has 1 aliphatic rings. The van der Waals surface area contributed by atoms with Crippen LogP contribution in [0.25, 0.3) is 0 Å². The summed E-state index contributed by atoms with van der Waals surface area (Å²) in [6, 6.07) is 9.88. The van der Waals surface area contributed by atoms with E-state index in [4.69, 9.17) is 0 Å². The van der Waals surface area contributed by atoms with Gasteiger partial charge in [0.15, 0.2) is 0 Å². The number of hydrogen-bond acceptors (Lipinski definition) is 1. The van der Waals surface area contributed by atoms with Crippen LogP contribution in [0.2, 0.25) is 0 Å². The quantitative estimate of drug-likeness (QED) is 0.637. The summed E-state index contributed by atoms with van der Waals surface area (Å²) in [4.78, 5) is 0. The van der Waals surface area contributed by atoms with Gasteiger partial charge in [-0.1, -0.05) is 51.0 Å². The van der Waals surface area contributed by atoms with Crippen molar-refractivity contribution in [2.24, 2.45) is 0 Å². The molecule has 0 saturated heterocycles. The maximum absolute atomic E-state index is 3.73. The van der Waals surface area contributed by atoms with Gasteiger partial charge in [0.25, 0.3) is 0 Å². The second kappa shape index (κ2) is 9.25. The van der Waals surface area contributed by atoms with E-state index >= 15 is 0 Å². The van der Waals surface area contributed by atoms with Crippen molar-refractivity contribution in [2.75, 3.05) is 6.54 Å². The minimum atomic E-state index is 0.744. The molecule has 21 heavy (non-hydrogen) atoms. The first-order valence-electron chi connectivity index (χ1n) is 9.16. The highest BCUT2D eigenvalue weighted by molar-refractivity contribution is 5.32. The summed E-state index contributed by atoms with van der Waals surface area (Å²) in [5.74, 6) is 0.823. The predicted octanol–water partition coefficient (Wildman–Crippen LogP) is 5.45. The van der Waals surface area contributed by atoms with E-state index in [-0.39, 0.29) is 0 Å². The first kappa shape index (κ1) is 16.5. The second-order valence-electron chi connectivity index (χ2n) is 6.66. The monoisotopic (exact) mass is 287 g/mol.